The van der Waals surface area contributed by atoms with Crippen molar-refractivity contribution in [3.05, 3.63) is 88.5 Å². The highest BCUT2D eigenvalue weighted by atomic mass is 31.1. The molecule has 0 heterocycles. The molecule has 3 aromatic carbocycles. The molecule has 0 saturated heterocycles. The highest BCUT2D eigenvalue weighted by Gasteiger charge is 2.37. The lowest BCUT2D eigenvalue weighted by Gasteiger charge is -2.38. The fraction of sp³-hybridized carbons (Fsp3) is 0.457. The molecule has 1 unspecified atom stereocenters. The van der Waals surface area contributed by atoms with Gasteiger partial charge >= 0.3 is 0 Å². The molecular weight excluding hydrogens is 497 g/mol. The second kappa shape index (κ2) is 12.8. The molecule has 3 aromatic rings. The molecule has 4 heteroatoms. The Bertz CT molecular complexity index is 1260. The Morgan fingerprint density at radius 1 is 0.821 bits per heavy atom. The molecule has 0 spiro atoms. The van der Waals surface area contributed by atoms with E-state index in [-0.39, 0.29) is 22.8 Å². The number of aliphatic imine (C=N–C) groups is 1. The van der Waals surface area contributed by atoms with Gasteiger partial charge in [0, 0.05) is 35.2 Å². The van der Waals surface area contributed by atoms with Crippen molar-refractivity contribution < 1.29 is 9.47 Å². The van der Waals surface area contributed by atoms with Gasteiger partial charge < -0.3 is 9.47 Å². The van der Waals surface area contributed by atoms with E-state index in [1.165, 1.54) is 33.1 Å². The summed E-state index contributed by atoms with van der Waals surface area (Å²) in [6.07, 6.45) is 4.05. The summed E-state index contributed by atoms with van der Waals surface area (Å²) in [5.74, 6) is 0.988. The van der Waals surface area contributed by atoms with Gasteiger partial charge in [-0.25, -0.2) is 0 Å². The van der Waals surface area contributed by atoms with Crippen molar-refractivity contribution in [1.82, 2.24) is 0 Å². The predicted molar refractivity (Wildman–Crippen MR) is 171 cm³/mol. The molecule has 39 heavy (non-hydrogen) atoms. The molecule has 0 aliphatic heterocycles. The first-order valence-electron chi connectivity index (χ1n) is 14.1. The third-order valence-corrected chi connectivity index (χ3v) is 9.97. The van der Waals surface area contributed by atoms with Gasteiger partial charge in [-0.05, 0) is 59.2 Å². The van der Waals surface area contributed by atoms with Crippen LogP contribution in [0.4, 0.5) is 5.69 Å². The van der Waals surface area contributed by atoms with Gasteiger partial charge in [-0.2, -0.15) is 0 Å². The fourth-order valence-electron chi connectivity index (χ4n) is 4.99. The van der Waals surface area contributed by atoms with Crippen LogP contribution in [0.25, 0.3) is 0 Å². The summed E-state index contributed by atoms with van der Waals surface area (Å²) in [7, 11) is 2.25. The van der Waals surface area contributed by atoms with Crippen molar-refractivity contribution >= 4 is 25.8 Å². The second-order valence-electron chi connectivity index (χ2n) is 12.5. The molecule has 0 saturated carbocycles. The number of aryl methyl sites for hydroxylation is 1. The maximum atomic E-state index is 6.48. The van der Waals surface area contributed by atoms with Crippen LogP contribution in [-0.2, 0) is 20.7 Å². The van der Waals surface area contributed by atoms with E-state index in [0.29, 0.717) is 8.58 Å². The minimum atomic E-state index is -0.0915. The SMILES string of the molecule is CCC(CC)(Pc1c(C)cccc1C=Nc1ccccc1)c1cc(C(C)(C)C)cc(C(C)(C)C)c1OCOC. The van der Waals surface area contributed by atoms with Crippen LogP contribution >= 0.6 is 8.58 Å². The monoisotopic (exact) mass is 545 g/mol. The van der Waals surface area contributed by atoms with E-state index in [4.69, 9.17) is 14.5 Å². The van der Waals surface area contributed by atoms with Crippen molar-refractivity contribution in [2.75, 3.05) is 13.9 Å². The Morgan fingerprint density at radius 3 is 2.03 bits per heavy atom. The molecule has 210 valence electrons. The molecular formula is C35H48NO2P. The second-order valence-corrected chi connectivity index (χ2v) is 14.2. The highest BCUT2D eigenvalue weighted by Crippen LogP contribution is 2.53. The Labute approximate surface area is 239 Å². The zero-order chi connectivity index (χ0) is 28.8. The maximum absolute atomic E-state index is 6.48. The Hall–Kier alpha value is -2.48. The van der Waals surface area contributed by atoms with Crippen LogP contribution in [0.15, 0.2) is 65.7 Å². The van der Waals surface area contributed by atoms with Crippen molar-refractivity contribution in [2.24, 2.45) is 4.99 Å². The van der Waals surface area contributed by atoms with Crippen molar-refractivity contribution in [3.8, 4) is 5.75 Å². The first-order chi connectivity index (χ1) is 18.4. The van der Waals surface area contributed by atoms with Gasteiger partial charge in [0.1, 0.15) is 5.75 Å². The van der Waals surface area contributed by atoms with Crippen LogP contribution < -0.4 is 10.0 Å². The molecule has 0 aliphatic rings. The van der Waals surface area contributed by atoms with Gasteiger partial charge in [-0.3, -0.25) is 4.99 Å². The predicted octanol–water partition coefficient (Wildman–Crippen LogP) is 9.34. The largest absolute Gasteiger partial charge is 0.467 e. The smallest absolute Gasteiger partial charge is 0.188 e. The first kappa shape index (κ1) is 31.1. The van der Waals surface area contributed by atoms with Crippen LogP contribution in [-0.4, -0.2) is 20.1 Å². The number of nitrogens with zero attached hydrogens (tertiary/aromatic N) is 1. The zero-order valence-electron chi connectivity index (χ0n) is 25.7. The van der Waals surface area contributed by atoms with Crippen LogP contribution in [0.1, 0.15) is 96.0 Å². The normalized spacial score (nSPS) is 13.1. The number of benzene rings is 3. The topological polar surface area (TPSA) is 30.8 Å². The average Bonchev–Trinajstić information content (AvgIpc) is 2.89. The van der Waals surface area contributed by atoms with E-state index in [9.17, 15) is 0 Å². The van der Waals surface area contributed by atoms with E-state index in [1.54, 1.807) is 7.11 Å². The number of hydrogen-bond acceptors (Lipinski definition) is 3. The molecule has 0 radical (unpaired) electrons. The number of ether oxygens (including phenoxy) is 2. The lowest BCUT2D eigenvalue weighted by atomic mass is 9.76. The quantitative estimate of drug-likeness (QED) is 0.144. The van der Waals surface area contributed by atoms with Crippen LogP contribution in [0.5, 0.6) is 5.75 Å². The van der Waals surface area contributed by atoms with Gasteiger partial charge in [0.25, 0.3) is 0 Å². The van der Waals surface area contributed by atoms with Crippen LogP contribution in [0.2, 0.25) is 0 Å². The molecule has 0 aromatic heterocycles. The average molecular weight is 546 g/mol. The van der Waals surface area contributed by atoms with E-state index in [2.05, 4.69) is 92.6 Å². The summed E-state index contributed by atoms with van der Waals surface area (Å²) in [5.41, 5.74) is 7.28. The van der Waals surface area contributed by atoms with Crippen molar-refractivity contribution in [1.29, 1.82) is 0 Å². The number of rotatable bonds is 10. The van der Waals surface area contributed by atoms with E-state index >= 15 is 0 Å². The molecule has 0 amide bonds. The van der Waals surface area contributed by atoms with E-state index in [0.717, 1.165) is 24.3 Å². The third kappa shape index (κ3) is 7.38. The third-order valence-electron chi connectivity index (χ3n) is 7.58. The molecule has 0 aliphatic carbocycles. The van der Waals surface area contributed by atoms with Crippen LogP contribution in [0, 0.1) is 6.92 Å². The molecule has 3 rings (SSSR count). The summed E-state index contributed by atoms with van der Waals surface area (Å²) < 4.78 is 11.9. The zero-order valence-corrected chi connectivity index (χ0v) is 26.7. The molecule has 1 atom stereocenters. The molecule has 3 nitrogen and oxygen atoms in total. The van der Waals surface area contributed by atoms with Gasteiger partial charge in [-0.1, -0.05) is 113 Å². The Morgan fingerprint density at radius 2 is 1.46 bits per heavy atom. The van der Waals surface area contributed by atoms with Gasteiger partial charge in [0.2, 0.25) is 0 Å². The lowest BCUT2D eigenvalue weighted by Crippen LogP contribution is -2.28. The van der Waals surface area contributed by atoms with Gasteiger partial charge in [0.15, 0.2) is 6.79 Å². The molecule has 0 bridgehead atoms. The highest BCUT2D eigenvalue weighted by molar-refractivity contribution is 7.49. The number of hydrogen-bond donors (Lipinski definition) is 0. The first-order valence-corrected chi connectivity index (χ1v) is 15.1. The van der Waals surface area contributed by atoms with Crippen LogP contribution in [0.3, 0.4) is 0 Å². The fourth-order valence-corrected chi connectivity index (χ4v) is 6.71. The van der Waals surface area contributed by atoms with Gasteiger partial charge in [0.05, 0.1) is 5.69 Å². The van der Waals surface area contributed by atoms with E-state index < -0.39 is 0 Å². The summed E-state index contributed by atoms with van der Waals surface area (Å²) in [4.78, 5) is 4.82. The van der Waals surface area contributed by atoms with Gasteiger partial charge in [-0.15, -0.1) is 0 Å². The Kier molecular flexibility index (Phi) is 10.2. The summed E-state index contributed by atoms with van der Waals surface area (Å²) >= 11 is 0. The summed E-state index contributed by atoms with van der Waals surface area (Å²) in [6.45, 7) is 20.9. The minimum absolute atomic E-state index is 0.0149. The minimum Gasteiger partial charge on any atom is -0.467 e. The maximum Gasteiger partial charge on any atom is 0.188 e. The summed E-state index contributed by atoms with van der Waals surface area (Å²) in [6, 6.07) is 21.5. The number of methoxy groups -OCH3 is 1. The van der Waals surface area contributed by atoms with Crippen molar-refractivity contribution in [3.63, 3.8) is 0 Å². The number of para-hydroxylation sites is 1. The summed E-state index contributed by atoms with van der Waals surface area (Å²) in [5, 5.41) is 1.28. The Balaban J connectivity index is 2.27. The molecule has 0 N–H and O–H groups in total. The standard InChI is InChI=1S/C35H48NO2P/c1-11-35(12-2,39-32-25(3)17-16-18-26(32)23-36-28-19-14-13-15-20-28)30-22-27(33(4,5)6)21-29(34(7,8)9)31(30)38-24-37-10/h13-23,39H,11-12,24H2,1-10H3. The van der Waals surface area contributed by atoms with E-state index in [1.807, 2.05) is 36.5 Å². The van der Waals surface area contributed by atoms with Crippen molar-refractivity contribution in [2.45, 2.75) is 91.1 Å². The lowest BCUT2D eigenvalue weighted by molar-refractivity contribution is 0.0485. The molecule has 0 fully saturated rings.